The molecule has 1 fully saturated rings. The summed E-state index contributed by atoms with van der Waals surface area (Å²) in [5, 5.41) is 5.22. The molecule has 0 aromatic heterocycles. The van der Waals surface area contributed by atoms with E-state index in [0.717, 1.165) is 12.8 Å². The predicted molar refractivity (Wildman–Crippen MR) is 98.8 cm³/mol. The minimum atomic E-state index is -3.15. The number of amides is 2. The van der Waals surface area contributed by atoms with Crippen molar-refractivity contribution in [2.45, 2.75) is 19.5 Å². The van der Waals surface area contributed by atoms with Gasteiger partial charge in [-0.25, -0.2) is 0 Å². The highest BCUT2D eigenvalue weighted by Crippen LogP contribution is 2.34. The molecule has 9 heteroatoms. The monoisotopic (exact) mass is 414 g/mol. The van der Waals surface area contributed by atoms with Crippen LogP contribution < -0.4 is 15.4 Å². The quantitative estimate of drug-likeness (QED) is 0.682. The number of halogens is 4. The molecule has 1 saturated carbocycles. The average Bonchev–Trinajstić information content (AvgIpc) is 3.43. The van der Waals surface area contributed by atoms with E-state index < -0.39 is 18.3 Å². The van der Waals surface area contributed by atoms with Gasteiger partial charge in [-0.1, -0.05) is 23.2 Å². The van der Waals surface area contributed by atoms with Crippen LogP contribution in [0, 0.1) is 5.92 Å². The molecule has 142 valence electrons. The third-order valence-electron chi connectivity index (χ3n) is 3.82. The van der Waals surface area contributed by atoms with Crippen molar-refractivity contribution in [3.05, 3.63) is 52.0 Å². The van der Waals surface area contributed by atoms with Crippen LogP contribution in [0.4, 0.5) is 20.2 Å². The van der Waals surface area contributed by atoms with E-state index >= 15 is 0 Å². The van der Waals surface area contributed by atoms with E-state index in [-0.39, 0.29) is 27.4 Å². The molecule has 0 spiro atoms. The molecule has 5 nitrogen and oxygen atoms in total. The number of alkyl halides is 2. The summed E-state index contributed by atoms with van der Waals surface area (Å²) < 4.78 is 29.6. The van der Waals surface area contributed by atoms with Gasteiger partial charge in [0.05, 0.1) is 10.6 Å². The third-order valence-corrected chi connectivity index (χ3v) is 4.32. The maximum atomic E-state index is 12.6. The molecule has 0 aliphatic heterocycles. The van der Waals surface area contributed by atoms with Crippen molar-refractivity contribution in [2.24, 2.45) is 5.92 Å². The lowest BCUT2D eigenvalue weighted by molar-refractivity contribution is -0.117. The Labute approximate surface area is 163 Å². The fourth-order valence-corrected chi connectivity index (χ4v) is 2.90. The van der Waals surface area contributed by atoms with E-state index in [1.807, 2.05) is 0 Å². The van der Waals surface area contributed by atoms with Crippen LogP contribution >= 0.6 is 23.2 Å². The summed E-state index contributed by atoms with van der Waals surface area (Å²) in [5.41, 5.74) is 0.764. The first-order valence-electron chi connectivity index (χ1n) is 7.99. The second-order valence-corrected chi connectivity index (χ2v) is 6.78. The fourth-order valence-electron chi connectivity index (χ4n) is 2.36. The number of hydrogen-bond donors (Lipinski definition) is 2. The molecule has 0 heterocycles. The molecule has 0 atom stereocenters. The van der Waals surface area contributed by atoms with Gasteiger partial charge in [0.15, 0.2) is 5.75 Å². The van der Waals surface area contributed by atoms with Crippen LogP contribution in [0.5, 0.6) is 5.75 Å². The second-order valence-electron chi connectivity index (χ2n) is 5.94. The summed E-state index contributed by atoms with van der Waals surface area (Å²) in [4.78, 5) is 24.2. The first kappa shape index (κ1) is 19.4. The topological polar surface area (TPSA) is 67.4 Å². The van der Waals surface area contributed by atoms with Crippen molar-refractivity contribution in [3.8, 4) is 5.75 Å². The molecule has 0 saturated heterocycles. The maximum absolute atomic E-state index is 12.6. The Kier molecular flexibility index (Phi) is 5.82. The number of benzene rings is 2. The summed E-state index contributed by atoms with van der Waals surface area (Å²) in [6.45, 7) is -3.15. The maximum Gasteiger partial charge on any atom is 0.387 e. The van der Waals surface area contributed by atoms with Gasteiger partial charge in [-0.3, -0.25) is 9.59 Å². The SMILES string of the molecule is O=C(Nc1ccc(NC(=O)C2CC2)cc1)c1cc(Cl)cc(Cl)c1OC(F)F. The summed E-state index contributed by atoms with van der Waals surface area (Å²) in [5.74, 6) is -1.13. The van der Waals surface area contributed by atoms with Gasteiger partial charge in [0.25, 0.3) is 5.91 Å². The van der Waals surface area contributed by atoms with Crippen molar-refractivity contribution in [2.75, 3.05) is 10.6 Å². The zero-order chi connectivity index (χ0) is 19.6. The Hall–Kier alpha value is -2.38. The van der Waals surface area contributed by atoms with Crippen molar-refractivity contribution < 1.29 is 23.1 Å². The van der Waals surface area contributed by atoms with Gasteiger partial charge in [-0.2, -0.15) is 8.78 Å². The van der Waals surface area contributed by atoms with Crippen LogP contribution in [-0.2, 0) is 4.79 Å². The summed E-state index contributed by atoms with van der Waals surface area (Å²) in [6, 6.07) is 8.77. The lowest BCUT2D eigenvalue weighted by atomic mass is 10.1. The molecule has 3 rings (SSSR count). The standard InChI is InChI=1S/C18H14Cl2F2N2O3/c19-10-7-13(15(14(20)8-10)27-18(21)22)17(26)24-12-5-3-11(4-6-12)23-16(25)9-1-2-9/h3-9,18H,1-2H2,(H,23,25)(H,24,26). The third kappa shape index (κ3) is 5.08. The van der Waals surface area contributed by atoms with Crippen molar-refractivity contribution >= 4 is 46.4 Å². The van der Waals surface area contributed by atoms with Gasteiger partial charge >= 0.3 is 6.61 Å². The van der Waals surface area contributed by atoms with Crippen LogP contribution in [-0.4, -0.2) is 18.4 Å². The minimum Gasteiger partial charge on any atom is -0.432 e. The summed E-state index contributed by atoms with van der Waals surface area (Å²) >= 11 is 11.7. The highest BCUT2D eigenvalue weighted by Gasteiger charge is 2.29. The number of ether oxygens (including phenoxy) is 1. The Morgan fingerprint density at radius 2 is 1.63 bits per heavy atom. The summed E-state index contributed by atoms with van der Waals surface area (Å²) in [7, 11) is 0. The molecule has 2 aromatic carbocycles. The largest absolute Gasteiger partial charge is 0.432 e. The fraction of sp³-hybridized carbons (Fsp3) is 0.222. The van der Waals surface area contributed by atoms with Crippen LogP contribution in [0.3, 0.4) is 0 Å². The van der Waals surface area contributed by atoms with Crippen LogP contribution in [0.25, 0.3) is 0 Å². The number of nitrogens with one attached hydrogen (secondary N) is 2. The van der Waals surface area contributed by atoms with Gasteiger partial charge in [0.1, 0.15) is 0 Å². The van der Waals surface area contributed by atoms with Crippen LogP contribution in [0.15, 0.2) is 36.4 Å². The van der Waals surface area contributed by atoms with Gasteiger partial charge in [-0.15, -0.1) is 0 Å². The molecule has 1 aliphatic rings. The smallest absolute Gasteiger partial charge is 0.387 e. The minimum absolute atomic E-state index is 0.0332. The molecule has 0 radical (unpaired) electrons. The molecule has 0 unspecified atom stereocenters. The van der Waals surface area contributed by atoms with E-state index in [1.54, 1.807) is 24.3 Å². The number of anilines is 2. The average molecular weight is 415 g/mol. The molecular formula is C18H14Cl2F2N2O3. The normalized spacial score (nSPS) is 13.4. The van der Waals surface area contributed by atoms with E-state index in [2.05, 4.69) is 15.4 Å². The highest BCUT2D eigenvalue weighted by molar-refractivity contribution is 6.36. The number of rotatable bonds is 6. The van der Waals surface area contributed by atoms with Crippen LogP contribution in [0.2, 0.25) is 10.0 Å². The molecule has 1 aliphatic carbocycles. The van der Waals surface area contributed by atoms with E-state index in [9.17, 15) is 18.4 Å². The van der Waals surface area contributed by atoms with E-state index in [1.165, 1.54) is 12.1 Å². The molecule has 27 heavy (non-hydrogen) atoms. The lowest BCUT2D eigenvalue weighted by Gasteiger charge is -2.13. The Balaban J connectivity index is 1.74. The van der Waals surface area contributed by atoms with Crippen molar-refractivity contribution in [1.82, 2.24) is 0 Å². The number of carbonyl (C=O) groups is 2. The highest BCUT2D eigenvalue weighted by atomic mass is 35.5. The van der Waals surface area contributed by atoms with Gasteiger partial charge < -0.3 is 15.4 Å². The van der Waals surface area contributed by atoms with Crippen molar-refractivity contribution in [3.63, 3.8) is 0 Å². The number of carbonyl (C=O) groups excluding carboxylic acids is 2. The number of hydrogen-bond acceptors (Lipinski definition) is 3. The first-order valence-corrected chi connectivity index (χ1v) is 8.75. The van der Waals surface area contributed by atoms with E-state index in [0.29, 0.717) is 11.4 Å². The molecule has 0 bridgehead atoms. The molecule has 2 N–H and O–H groups in total. The predicted octanol–water partition coefficient (Wildman–Crippen LogP) is 5.20. The summed E-state index contributed by atoms with van der Waals surface area (Å²) in [6.07, 6.45) is 1.79. The van der Waals surface area contributed by atoms with Crippen LogP contribution in [0.1, 0.15) is 23.2 Å². The van der Waals surface area contributed by atoms with E-state index in [4.69, 9.17) is 23.2 Å². The zero-order valence-electron chi connectivity index (χ0n) is 13.8. The molecule has 2 aromatic rings. The first-order chi connectivity index (χ1) is 12.8. The Bertz CT molecular complexity index is 872. The zero-order valence-corrected chi connectivity index (χ0v) is 15.3. The Morgan fingerprint density at radius 3 is 2.19 bits per heavy atom. The Morgan fingerprint density at radius 1 is 1.04 bits per heavy atom. The van der Waals surface area contributed by atoms with Crippen molar-refractivity contribution in [1.29, 1.82) is 0 Å². The van der Waals surface area contributed by atoms with Gasteiger partial charge in [0, 0.05) is 22.3 Å². The molecular weight excluding hydrogens is 401 g/mol. The second kappa shape index (κ2) is 8.10. The van der Waals surface area contributed by atoms with Gasteiger partial charge in [0.2, 0.25) is 5.91 Å². The lowest BCUT2D eigenvalue weighted by Crippen LogP contribution is -2.16. The molecule has 2 amide bonds. The van der Waals surface area contributed by atoms with Gasteiger partial charge in [-0.05, 0) is 49.2 Å².